The molecule has 1 aliphatic rings. The van der Waals surface area contributed by atoms with Gasteiger partial charge in [-0.2, -0.15) is 0 Å². The number of rotatable bonds is 3. The first kappa shape index (κ1) is 12.3. The minimum absolute atomic E-state index is 0.144. The molecule has 0 spiro atoms. The zero-order valence-electron chi connectivity index (χ0n) is 10.1. The van der Waals surface area contributed by atoms with Crippen molar-refractivity contribution in [2.45, 2.75) is 32.2 Å². The van der Waals surface area contributed by atoms with Gasteiger partial charge in [-0.3, -0.25) is 0 Å². The lowest BCUT2D eigenvalue weighted by Crippen LogP contribution is -2.51. The fourth-order valence-electron chi connectivity index (χ4n) is 2.03. The third-order valence-electron chi connectivity index (χ3n) is 2.80. The van der Waals surface area contributed by atoms with Gasteiger partial charge in [-0.15, -0.1) is 0 Å². The van der Waals surface area contributed by atoms with Crippen molar-refractivity contribution in [3.05, 3.63) is 0 Å². The van der Waals surface area contributed by atoms with E-state index >= 15 is 0 Å². The smallest absolute Gasteiger partial charge is 0.319 e. The second-order valence-electron chi connectivity index (χ2n) is 4.37. The van der Waals surface area contributed by atoms with Crippen molar-refractivity contribution in [3.8, 4) is 0 Å². The van der Waals surface area contributed by atoms with E-state index in [4.69, 9.17) is 0 Å². The number of urea groups is 1. The van der Waals surface area contributed by atoms with E-state index in [1.165, 1.54) is 6.42 Å². The molecule has 0 aromatic heterocycles. The summed E-state index contributed by atoms with van der Waals surface area (Å²) in [7, 11) is 3.64. The summed E-state index contributed by atoms with van der Waals surface area (Å²) in [5, 5.41) is 3.36. The van der Waals surface area contributed by atoms with Crippen molar-refractivity contribution < 1.29 is 4.79 Å². The van der Waals surface area contributed by atoms with E-state index in [1.807, 2.05) is 19.0 Å². The first-order chi connectivity index (χ1) is 7.16. The van der Waals surface area contributed by atoms with E-state index in [0.717, 1.165) is 32.5 Å². The zero-order valence-corrected chi connectivity index (χ0v) is 10.1. The largest absolute Gasteiger partial charge is 0.331 e. The number of hydrogen-bond acceptors (Lipinski definition) is 2. The topological polar surface area (TPSA) is 35.6 Å². The van der Waals surface area contributed by atoms with Crippen molar-refractivity contribution in [1.82, 2.24) is 15.1 Å². The molecule has 1 rings (SSSR count). The van der Waals surface area contributed by atoms with Crippen molar-refractivity contribution in [3.63, 3.8) is 0 Å². The second-order valence-corrected chi connectivity index (χ2v) is 4.37. The highest BCUT2D eigenvalue weighted by Gasteiger charge is 2.25. The summed E-state index contributed by atoms with van der Waals surface area (Å²) >= 11 is 0. The van der Waals surface area contributed by atoms with Gasteiger partial charge in [-0.05, 0) is 25.8 Å². The molecule has 88 valence electrons. The minimum atomic E-state index is 0.144. The number of nitrogens with zero attached hydrogens (tertiary/aromatic N) is 2. The molecular formula is C11H23N3O. The van der Waals surface area contributed by atoms with Crippen LogP contribution in [0.5, 0.6) is 0 Å². The molecule has 0 bridgehead atoms. The van der Waals surface area contributed by atoms with Crippen LogP contribution in [0.2, 0.25) is 0 Å². The standard InChI is InChI=1S/C11H23N3O/c1-4-8-14(11(15)13(2)3)10-6-5-7-12-9-10/h10,12H,4-9H2,1-3H3. The quantitative estimate of drug-likeness (QED) is 0.763. The van der Waals surface area contributed by atoms with Gasteiger partial charge in [0.05, 0.1) is 0 Å². The van der Waals surface area contributed by atoms with Gasteiger partial charge in [0.1, 0.15) is 0 Å². The molecule has 1 atom stereocenters. The Morgan fingerprint density at radius 2 is 2.20 bits per heavy atom. The Morgan fingerprint density at radius 3 is 2.67 bits per heavy atom. The van der Waals surface area contributed by atoms with Crippen LogP contribution in [0.3, 0.4) is 0 Å². The van der Waals surface area contributed by atoms with Gasteiger partial charge in [-0.25, -0.2) is 4.79 Å². The summed E-state index contributed by atoms with van der Waals surface area (Å²) in [5.41, 5.74) is 0. The molecule has 0 aromatic carbocycles. The molecule has 0 saturated carbocycles. The van der Waals surface area contributed by atoms with E-state index < -0.39 is 0 Å². The third-order valence-corrected chi connectivity index (χ3v) is 2.80. The van der Waals surface area contributed by atoms with Crippen LogP contribution in [-0.2, 0) is 0 Å². The number of carbonyl (C=O) groups is 1. The van der Waals surface area contributed by atoms with Gasteiger partial charge < -0.3 is 15.1 Å². The third kappa shape index (κ3) is 3.38. The van der Waals surface area contributed by atoms with Gasteiger partial charge in [0.25, 0.3) is 0 Å². The Labute approximate surface area is 92.6 Å². The Balaban J connectivity index is 2.58. The van der Waals surface area contributed by atoms with Crippen LogP contribution in [0.4, 0.5) is 4.79 Å². The Hall–Kier alpha value is -0.770. The minimum Gasteiger partial charge on any atom is -0.331 e. The van der Waals surface area contributed by atoms with E-state index in [0.29, 0.717) is 6.04 Å². The van der Waals surface area contributed by atoms with E-state index in [-0.39, 0.29) is 6.03 Å². The summed E-state index contributed by atoms with van der Waals surface area (Å²) in [6.45, 7) is 5.02. The monoisotopic (exact) mass is 213 g/mol. The van der Waals surface area contributed by atoms with E-state index in [1.54, 1.807) is 4.90 Å². The summed E-state index contributed by atoms with van der Waals surface area (Å²) in [6.07, 6.45) is 3.33. The van der Waals surface area contributed by atoms with Gasteiger partial charge in [0.2, 0.25) is 0 Å². The molecule has 1 aliphatic heterocycles. The molecule has 1 unspecified atom stereocenters. The summed E-state index contributed by atoms with van der Waals surface area (Å²) in [6, 6.07) is 0.527. The van der Waals surface area contributed by atoms with Crippen molar-refractivity contribution >= 4 is 6.03 Å². The first-order valence-electron chi connectivity index (χ1n) is 5.85. The molecule has 1 heterocycles. The van der Waals surface area contributed by atoms with Crippen LogP contribution in [0.25, 0.3) is 0 Å². The highest BCUT2D eigenvalue weighted by Crippen LogP contribution is 2.12. The van der Waals surface area contributed by atoms with Gasteiger partial charge in [-0.1, -0.05) is 6.92 Å². The maximum Gasteiger partial charge on any atom is 0.319 e. The van der Waals surface area contributed by atoms with Crippen molar-refractivity contribution in [2.75, 3.05) is 33.7 Å². The van der Waals surface area contributed by atoms with Gasteiger partial charge in [0.15, 0.2) is 0 Å². The number of piperidine rings is 1. The van der Waals surface area contributed by atoms with Crippen LogP contribution in [0, 0.1) is 0 Å². The van der Waals surface area contributed by atoms with Crippen LogP contribution < -0.4 is 5.32 Å². The number of amides is 2. The average molecular weight is 213 g/mol. The number of carbonyl (C=O) groups excluding carboxylic acids is 1. The molecule has 0 aliphatic carbocycles. The lowest BCUT2D eigenvalue weighted by molar-refractivity contribution is 0.138. The molecule has 15 heavy (non-hydrogen) atoms. The van der Waals surface area contributed by atoms with Crippen LogP contribution >= 0.6 is 0 Å². The zero-order chi connectivity index (χ0) is 11.3. The maximum absolute atomic E-state index is 12.0. The average Bonchev–Trinajstić information content (AvgIpc) is 2.26. The molecule has 4 nitrogen and oxygen atoms in total. The molecule has 4 heteroatoms. The van der Waals surface area contributed by atoms with Crippen molar-refractivity contribution in [1.29, 1.82) is 0 Å². The number of hydrogen-bond donors (Lipinski definition) is 1. The molecule has 2 amide bonds. The summed E-state index contributed by atoms with van der Waals surface area (Å²) < 4.78 is 0. The summed E-state index contributed by atoms with van der Waals surface area (Å²) in [4.78, 5) is 15.6. The summed E-state index contributed by atoms with van der Waals surface area (Å²) in [5.74, 6) is 0. The predicted molar refractivity (Wildman–Crippen MR) is 62.0 cm³/mol. The molecular weight excluding hydrogens is 190 g/mol. The van der Waals surface area contributed by atoms with Crippen LogP contribution in [0.1, 0.15) is 26.2 Å². The fraction of sp³-hybridized carbons (Fsp3) is 0.909. The lowest BCUT2D eigenvalue weighted by Gasteiger charge is -2.36. The van der Waals surface area contributed by atoms with Crippen LogP contribution in [-0.4, -0.2) is 55.6 Å². The highest BCUT2D eigenvalue weighted by atomic mass is 16.2. The molecule has 1 N–H and O–H groups in total. The predicted octanol–water partition coefficient (Wildman–Crippen LogP) is 1.13. The van der Waals surface area contributed by atoms with Crippen LogP contribution in [0.15, 0.2) is 0 Å². The lowest BCUT2D eigenvalue weighted by atomic mass is 10.1. The fourth-order valence-corrected chi connectivity index (χ4v) is 2.03. The normalized spacial score (nSPS) is 21.1. The first-order valence-corrected chi connectivity index (χ1v) is 5.85. The Morgan fingerprint density at radius 1 is 1.47 bits per heavy atom. The van der Waals surface area contributed by atoms with Gasteiger partial charge >= 0.3 is 6.03 Å². The van der Waals surface area contributed by atoms with Crippen molar-refractivity contribution in [2.24, 2.45) is 0 Å². The van der Waals surface area contributed by atoms with Gasteiger partial charge in [0, 0.05) is 33.2 Å². The maximum atomic E-state index is 12.0. The SMILES string of the molecule is CCCN(C(=O)N(C)C)C1CCCNC1. The molecule has 1 saturated heterocycles. The molecule has 0 aromatic rings. The molecule has 0 radical (unpaired) electrons. The Bertz CT molecular complexity index is 200. The van der Waals surface area contributed by atoms with E-state index in [9.17, 15) is 4.79 Å². The second kappa shape index (κ2) is 5.95. The van der Waals surface area contributed by atoms with E-state index in [2.05, 4.69) is 12.2 Å². The Kier molecular flexibility index (Phi) is 4.88. The highest BCUT2D eigenvalue weighted by molar-refractivity contribution is 5.74. The molecule has 1 fully saturated rings. The number of nitrogens with one attached hydrogen (secondary N) is 1.